The summed E-state index contributed by atoms with van der Waals surface area (Å²) in [5.41, 5.74) is 4.94. The van der Waals surface area contributed by atoms with E-state index in [1.165, 1.54) is 22.9 Å². The summed E-state index contributed by atoms with van der Waals surface area (Å²) in [6.45, 7) is 15.1. The van der Waals surface area contributed by atoms with E-state index in [4.69, 9.17) is 24.9 Å². The van der Waals surface area contributed by atoms with Crippen molar-refractivity contribution in [1.29, 1.82) is 0 Å². The lowest BCUT2D eigenvalue weighted by atomic mass is 9.86. The average Bonchev–Trinajstić information content (AvgIpc) is 3.43. The number of fused-ring (bicyclic) bond motifs is 1. The zero-order valence-electron chi connectivity index (χ0n) is 22.1. The summed E-state index contributed by atoms with van der Waals surface area (Å²) in [4.78, 5) is 23.5. The molecule has 8 nitrogen and oxygen atoms in total. The number of nitrogens with zero attached hydrogens (tertiary/aromatic N) is 3. The van der Waals surface area contributed by atoms with Crippen LogP contribution in [0.5, 0.6) is 0 Å². The number of halogens is 1. The molecule has 0 aromatic carbocycles. The molecule has 0 bridgehead atoms. The largest absolute Gasteiger partial charge is 0.443 e. The third-order valence-corrected chi connectivity index (χ3v) is 9.36. The highest BCUT2D eigenvalue weighted by atomic mass is 32.2. The number of carbonyl (C=O) groups excluding carboxylic acids is 1. The average molecular weight is 527 g/mol. The fraction of sp³-hybridized carbons (Fsp3) is 0.708. The van der Waals surface area contributed by atoms with Crippen molar-refractivity contribution in [2.24, 2.45) is 10.9 Å². The van der Waals surface area contributed by atoms with Crippen molar-refractivity contribution in [2.45, 2.75) is 75.7 Å². The minimum Gasteiger partial charge on any atom is -0.443 e. The first-order valence-electron chi connectivity index (χ1n) is 11.9. The van der Waals surface area contributed by atoms with Gasteiger partial charge in [-0.05, 0) is 46.2 Å². The van der Waals surface area contributed by atoms with Crippen LogP contribution in [0, 0.1) is 11.9 Å². The van der Waals surface area contributed by atoms with E-state index >= 15 is 0 Å². The second-order valence-electron chi connectivity index (χ2n) is 11.8. The van der Waals surface area contributed by atoms with E-state index in [2.05, 4.69) is 24.6 Å². The van der Waals surface area contributed by atoms with E-state index in [0.29, 0.717) is 29.6 Å². The van der Waals surface area contributed by atoms with Gasteiger partial charge in [-0.25, -0.2) is 14.7 Å². The van der Waals surface area contributed by atoms with Crippen LogP contribution in [0.3, 0.4) is 0 Å². The highest BCUT2D eigenvalue weighted by molar-refractivity contribution is 8.15. The molecule has 196 valence electrons. The molecule has 0 saturated heterocycles. The number of thioether (sulfide) groups is 1. The van der Waals surface area contributed by atoms with Crippen molar-refractivity contribution < 1.29 is 23.4 Å². The fourth-order valence-electron chi connectivity index (χ4n) is 4.24. The zero-order valence-corrected chi connectivity index (χ0v) is 23.9. The quantitative estimate of drug-likeness (QED) is 0.218. The van der Waals surface area contributed by atoms with Gasteiger partial charge >= 0.3 is 6.09 Å². The molecule has 1 aliphatic heterocycles. The number of ether oxygens (including phenoxy) is 3. The van der Waals surface area contributed by atoms with Crippen molar-refractivity contribution >= 4 is 36.8 Å². The summed E-state index contributed by atoms with van der Waals surface area (Å²) in [5, 5.41) is 0.419. The summed E-state index contributed by atoms with van der Waals surface area (Å²) >= 11 is 1.47. The molecular weight excluding hydrogens is 487 g/mol. The Kier molecular flexibility index (Phi) is 7.96. The number of methoxy groups -OCH3 is 1. The normalized spacial score (nSPS) is 26.1. The number of hydrogen-bond donors (Lipinski definition) is 1. The maximum Gasteiger partial charge on any atom is 0.418 e. The molecule has 1 amide bonds. The van der Waals surface area contributed by atoms with Crippen LogP contribution in [0.15, 0.2) is 17.3 Å². The first kappa shape index (κ1) is 27.9. The van der Waals surface area contributed by atoms with Crippen molar-refractivity contribution in [3.63, 3.8) is 0 Å². The standard InChI is InChI=1S/C24H39FN4O4SSi/c1-22(2,3)33-21(30)29(15-32-9-10-35(6,7)8)20-28-23(4,17-11-16(26)13-27-19(17)25)18-12-24(18,34-20)14-31-5/h11,13,18H,9-10,12,14-15,26H2,1-8H3/t18?,23-,24-/m1/s1. The molecule has 0 spiro atoms. The van der Waals surface area contributed by atoms with E-state index < -0.39 is 31.3 Å². The molecule has 3 rings (SSSR count). The predicted octanol–water partition coefficient (Wildman–Crippen LogP) is 5.08. The molecule has 2 aliphatic rings. The molecule has 1 aromatic heterocycles. The Morgan fingerprint density at radius 2 is 2.06 bits per heavy atom. The molecule has 2 heterocycles. The smallest absolute Gasteiger partial charge is 0.418 e. The molecular formula is C24H39FN4O4SSi. The zero-order chi connectivity index (χ0) is 26.2. The summed E-state index contributed by atoms with van der Waals surface area (Å²) in [7, 11) is 0.328. The third-order valence-electron chi connectivity index (χ3n) is 6.18. The van der Waals surface area contributed by atoms with E-state index in [1.54, 1.807) is 13.2 Å². The first-order valence-corrected chi connectivity index (χ1v) is 16.4. The molecule has 1 unspecified atom stereocenters. The molecule has 2 N–H and O–H groups in total. The lowest BCUT2D eigenvalue weighted by Crippen LogP contribution is -2.46. The van der Waals surface area contributed by atoms with Crippen LogP contribution in [0.4, 0.5) is 14.9 Å². The Morgan fingerprint density at radius 1 is 1.37 bits per heavy atom. The summed E-state index contributed by atoms with van der Waals surface area (Å²) in [6.07, 6.45) is 1.48. The molecule has 1 aliphatic carbocycles. The van der Waals surface area contributed by atoms with Gasteiger partial charge in [-0.3, -0.25) is 4.99 Å². The number of hydrogen-bond acceptors (Lipinski definition) is 8. The van der Waals surface area contributed by atoms with E-state index in [0.717, 1.165) is 12.5 Å². The Bertz CT molecular complexity index is 983. The van der Waals surface area contributed by atoms with Gasteiger partial charge in [0.1, 0.15) is 12.3 Å². The maximum atomic E-state index is 15.0. The van der Waals surface area contributed by atoms with Crippen LogP contribution < -0.4 is 5.73 Å². The van der Waals surface area contributed by atoms with Crippen LogP contribution in [0.25, 0.3) is 0 Å². The molecule has 11 heteroatoms. The summed E-state index contributed by atoms with van der Waals surface area (Å²) in [5.74, 6) is -0.625. The van der Waals surface area contributed by atoms with Crippen LogP contribution in [0.1, 0.15) is 39.7 Å². The van der Waals surface area contributed by atoms with Gasteiger partial charge in [-0.15, -0.1) is 0 Å². The lowest BCUT2D eigenvalue weighted by molar-refractivity contribution is 0.0109. The summed E-state index contributed by atoms with van der Waals surface area (Å²) < 4.78 is 31.8. The van der Waals surface area contributed by atoms with Gasteiger partial charge in [0.25, 0.3) is 0 Å². The van der Waals surface area contributed by atoms with Crippen LogP contribution in [-0.2, 0) is 19.7 Å². The molecule has 1 aromatic rings. The van der Waals surface area contributed by atoms with E-state index in [-0.39, 0.29) is 17.4 Å². The van der Waals surface area contributed by atoms with Gasteiger partial charge in [0.2, 0.25) is 5.95 Å². The molecule has 35 heavy (non-hydrogen) atoms. The number of rotatable bonds is 8. The number of aromatic nitrogens is 1. The second-order valence-corrected chi connectivity index (χ2v) is 18.8. The highest BCUT2D eigenvalue weighted by Crippen LogP contribution is 2.66. The van der Waals surface area contributed by atoms with Gasteiger partial charge in [-0.1, -0.05) is 31.4 Å². The van der Waals surface area contributed by atoms with Gasteiger partial charge in [-0.2, -0.15) is 4.39 Å². The second kappa shape index (κ2) is 9.99. The lowest BCUT2D eigenvalue weighted by Gasteiger charge is -2.37. The van der Waals surface area contributed by atoms with E-state index in [1.807, 2.05) is 27.7 Å². The molecule has 3 atom stereocenters. The van der Waals surface area contributed by atoms with E-state index in [9.17, 15) is 9.18 Å². The van der Waals surface area contributed by atoms with Crippen molar-refractivity contribution in [2.75, 3.05) is 32.8 Å². The first-order chi connectivity index (χ1) is 16.1. The minimum atomic E-state index is -1.31. The minimum absolute atomic E-state index is 0.00454. The van der Waals surface area contributed by atoms with Crippen LogP contribution >= 0.6 is 11.8 Å². The maximum absolute atomic E-state index is 15.0. The van der Waals surface area contributed by atoms with Crippen LogP contribution in [-0.4, -0.2) is 66.6 Å². The van der Waals surface area contributed by atoms with Gasteiger partial charge < -0.3 is 19.9 Å². The predicted molar refractivity (Wildman–Crippen MR) is 141 cm³/mol. The highest BCUT2D eigenvalue weighted by Gasteiger charge is 2.67. The number of amides is 1. The number of nitrogens with two attached hydrogens (primary N) is 1. The Labute approximate surface area is 213 Å². The van der Waals surface area contributed by atoms with Crippen molar-refractivity contribution in [3.8, 4) is 0 Å². The SMILES string of the molecule is COC[C@]12CC1[C@@](C)(c1cc(N)cnc1F)N=C(N(COCC[Si](C)(C)C)C(=O)OC(C)(C)C)S2. The molecule has 0 radical (unpaired) electrons. The number of carbonyl (C=O) groups is 1. The van der Waals surface area contributed by atoms with Gasteiger partial charge in [0.05, 0.1) is 28.8 Å². The monoisotopic (exact) mass is 526 g/mol. The molecule has 1 fully saturated rings. The summed E-state index contributed by atoms with van der Waals surface area (Å²) in [6, 6.07) is 2.54. The number of amidine groups is 1. The van der Waals surface area contributed by atoms with Crippen molar-refractivity contribution in [1.82, 2.24) is 9.88 Å². The number of aliphatic imine (C=N–C) groups is 1. The Hall–Kier alpha value is -1.69. The Morgan fingerprint density at radius 3 is 2.66 bits per heavy atom. The number of pyridine rings is 1. The van der Waals surface area contributed by atoms with Gasteiger partial charge in [0, 0.05) is 33.3 Å². The topological polar surface area (TPSA) is 99.3 Å². The molecule has 1 saturated carbocycles. The number of anilines is 1. The third kappa shape index (κ3) is 6.55. The van der Waals surface area contributed by atoms with Crippen molar-refractivity contribution in [3.05, 3.63) is 23.8 Å². The fourth-order valence-corrected chi connectivity index (χ4v) is 6.64. The number of nitrogen functional groups attached to an aromatic ring is 1. The Balaban J connectivity index is 2.00. The van der Waals surface area contributed by atoms with Gasteiger partial charge in [0.15, 0.2) is 5.17 Å². The van der Waals surface area contributed by atoms with Crippen LogP contribution in [0.2, 0.25) is 25.7 Å².